The molecule has 148 valence electrons. The Kier molecular flexibility index (Phi) is 7.00. The lowest BCUT2D eigenvalue weighted by molar-refractivity contribution is 0.0526. The minimum atomic E-state index is -0.334. The van der Waals surface area contributed by atoms with Gasteiger partial charge in [-0.05, 0) is 56.2 Å². The van der Waals surface area contributed by atoms with Gasteiger partial charge in [0.05, 0.1) is 24.1 Å². The molecule has 0 atom stereocenters. The number of pyridine rings is 1. The molecule has 0 bridgehead atoms. The SMILES string of the molecule is CCOC(=O)c1ccc(Nc2ccc(C(=O)NC3CCCCCC3)nc2)cc1. The fraction of sp³-hybridized carbons (Fsp3) is 0.409. The molecular formula is C22H27N3O3. The van der Waals surface area contributed by atoms with Gasteiger partial charge in [-0.1, -0.05) is 25.7 Å². The summed E-state index contributed by atoms with van der Waals surface area (Å²) in [5.41, 5.74) is 2.53. The number of aromatic nitrogens is 1. The third kappa shape index (κ3) is 5.55. The average Bonchev–Trinajstić information content (AvgIpc) is 2.98. The van der Waals surface area contributed by atoms with Gasteiger partial charge in [0.1, 0.15) is 5.69 Å². The lowest BCUT2D eigenvalue weighted by Gasteiger charge is -2.16. The summed E-state index contributed by atoms with van der Waals surface area (Å²) in [6.45, 7) is 2.13. The van der Waals surface area contributed by atoms with Crippen LogP contribution in [0.15, 0.2) is 42.6 Å². The fourth-order valence-corrected chi connectivity index (χ4v) is 3.36. The zero-order valence-electron chi connectivity index (χ0n) is 16.2. The van der Waals surface area contributed by atoms with Crippen LogP contribution >= 0.6 is 0 Å². The normalized spacial score (nSPS) is 14.8. The number of anilines is 2. The quantitative estimate of drug-likeness (QED) is 0.571. The predicted octanol–water partition coefficient (Wildman–Crippen LogP) is 4.45. The highest BCUT2D eigenvalue weighted by Crippen LogP contribution is 2.19. The predicted molar refractivity (Wildman–Crippen MR) is 109 cm³/mol. The Morgan fingerprint density at radius 1 is 1.00 bits per heavy atom. The van der Waals surface area contributed by atoms with Crippen molar-refractivity contribution < 1.29 is 14.3 Å². The third-order valence-electron chi connectivity index (χ3n) is 4.87. The number of amides is 1. The van der Waals surface area contributed by atoms with E-state index in [9.17, 15) is 9.59 Å². The Hall–Kier alpha value is -2.89. The molecule has 1 aromatic heterocycles. The minimum absolute atomic E-state index is 0.114. The molecule has 3 rings (SSSR count). The number of esters is 1. The van der Waals surface area contributed by atoms with Crippen molar-refractivity contribution in [3.05, 3.63) is 53.9 Å². The first-order valence-electron chi connectivity index (χ1n) is 9.97. The van der Waals surface area contributed by atoms with Gasteiger partial charge in [0.15, 0.2) is 0 Å². The Balaban J connectivity index is 1.56. The summed E-state index contributed by atoms with van der Waals surface area (Å²) in [6, 6.07) is 10.8. The molecule has 1 amide bonds. The second kappa shape index (κ2) is 9.88. The fourth-order valence-electron chi connectivity index (χ4n) is 3.36. The molecule has 2 N–H and O–H groups in total. The van der Waals surface area contributed by atoms with Gasteiger partial charge in [0.2, 0.25) is 0 Å². The molecule has 1 aliphatic carbocycles. The second-order valence-electron chi connectivity index (χ2n) is 7.02. The van der Waals surface area contributed by atoms with Crippen LogP contribution in [0.25, 0.3) is 0 Å². The molecule has 1 saturated carbocycles. The highest BCUT2D eigenvalue weighted by atomic mass is 16.5. The topological polar surface area (TPSA) is 80.3 Å². The first-order valence-corrected chi connectivity index (χ1v) is 9.97. The van der Waals surface area contributed by atoms with Crippen LogP contribution in [-0.2, 0) is 4.74 Å². The number of ether oxygens (including phenoxy) is 1. The van der Waals surface area contributed by atoms with E-state index in [1.807, 2.05) is 6.07 Å². The molecule has 0 spiro atoms. The van der Waals surface area contributed by atoms with Crippen LogP contribution in [0.5, 0.6) is 0 Å². The van der Waals surface area contributed by atoms with Crippen molar-refractivity contribution in [2.75, 3.05) is 11.9 Å². The van der Waals surface area contributed by atoms with E-state index >= 15 is 0 Å². The molecule has 6 heteroatoms. The maximum atomic E-state index is 12.4. The van der Waals surface area contributed by atoms with Gasteiger partial charge in [-0.2, -0.15) is 0 Å². The Labute approximate surface area is 165 Å². The molecule has 1 fully saturated rings. The van der Waals surface area contributed by atoms with E-state index in [1.165, 1.54) is 25.7 Å². The molecule has 0 radical (unpaired) electrons. The summed E-state index contributed by atoms with van der Waals surface area (Å²) >= 11 is 0. The number of nitrogens with zero attached hydrogens (tertiary/aromatic N) is 1. The van der Waals surface area contributed by atoms with Crippen LogP contribution in [0.1, 0.15) is 66.3 Å². The summed E-state index contributed by atoms with van der Waals surface area (Å²) in [6.07, 6.45) is 8.60. The number of hydrogen-bond donors (Lipinski definition) is 2. The molecule has 6 nitrogen and oxygen atoms in total. The molecular weight excluding hydrogens is 354 g/mol. The van der Waals surface area contributed by atoms with Crippen molar-refractivity contribution in [2.24, 2.45) is 0 Å². The first kappa shape index (κ1) is 19.9. The van der Waals surface area contributed by atoms with Crippen molar-refractivity contribution in [1.29, 1.82) is 0 Å². The highest BCUT2D eigenvalue weighted by molar-refractivity contribution is 5.92. The lowest BCUT2D eigenvalue weighted by Crippen LogP contribution is -2.34. The van der Waals surface area contributed by atoms with E-state index in [4.69, 9.17) is 4.74 Å². The number of rotatable bonds is 6. The number of benzene rings is 1. The zero-order chi connectivity index (χ0) is 19.8. The number of carbonyl (C=O) groups is 2. The van der Waals surface area contributed by atoms with Crippen LogP contribution in [-0.4, -0.2) is 29.5 Å². The standard InChI is InChI=1S/C22H27N3O3/c1-2-28-22(27)16-9-11-18(12-10-16)24-19-13-14-20(23-15-19)21(26)25-17-7-5-3-4-6-8-17/h9-15,17,24H,2-8H2,1H3,(H,25,26). The largest absolute Gasteiger partial charge is 0.462 e. The summed E-state index contributed by atoms with van der Waals surface area (Å²) in [4.78, 5) is 28.4. The van der Waals surface area contributed by atoms with Gasteiger partial charge >= 0.3 is 5.97 Å². The van der Waals surface area contributed by atoms with Gasteiger partial charge < -0.3 is 15.4 Å². The molecule has 28 heavy (non-hydrogen) atoms. The Morgan fingerprint density at radius 2 is 1.68 bits per heavy atom. The zero-order valence-corrected chi connectivity index (χ0v) is 16.2. The molecule has 1 aromatic carbocycles. The maximum Gasteiger partial charge on any atom is 0.338 e. The van der Waals surface area contributed by atoms with E-state index in [1.54, 1.807) is 43.5 Å². The van der Waals surface area contributed by atoms with Crippen molar-refractivity contribution in [3.63, 3.8) is 0 Å². The summed E-state index contributed by atoms with van der Waals surface area (Å²) in [5.74, 6) is -0.447. The first-order chi connectivity index (χ1) is 13.7. The molecule has 0 saturated heterocycles. The smallest absolute Gasteiger partial charge is 0.338 e. The molecule has 2 aromatic rings. The average molecular weight is 381 g/mol. The number of nitrogens with one attached hydrogen (secondary N) is 2. The summed E-state index contributed by atoms with van der Waals surface area (Å²) < 4.78 is 4.98. The van der Waals surface area contributed by atoms with E-state index in [2.05, 4.69) is 15.6 Å². The van der Waals surface area contributed by atoms with Gasteiger partial charge in [-0.25, -0.2) is 9.78 Å². The maximum absolute atomic E-state index is 12.4. The van der Waals surface area contributed by atoms with Crippen molar-refractivity contribution >= 4 is 23.3 Å². The highest BCUT2D eigenvalue weighted by Gasteiger charge is 2.16. The van der Waals surface area contributed by atoms with Gasteiger partial charge in [0.25, 0.3) is 5.91 Å². The minimum Gasteiger partial charge on any atom is -0.462 e. The molecule has 0 unspecified atom stereocenters. The van der Waals surface area contributed by atoms with Gasteiger partial charge in [-0.15, -0.1) is 0 Å². The van der Waals surface area contributed by atoms with Crippen LogP contribution in [0.4, 0.5) is 11.4 Å². The number of carbonyl (C=O) groups excluding carboxylic acids is 2. The van der Waals surface area contributed by atoms with E-state index in [0.29, 0.717) is 17.9 Å². The van der Waals surface area contributed by atoms with Crippen LogP contribution in [0.3, 0.4) is 0 Å². The Morgan fingerprint density at radius 3 is 2.29 bits per heavy atom. The van der Waals surface area contributed by atoms with Crippen molar-refractivity contribution in [3.8, 4) is 0 Å². The lowest BCUT2D eigenvalue weighted by atomic mass is 10.1. The van der Waals surface area contributed by atoms with Crippen LogP contribution < -0.4 is 10.6 Å². The Bertz CT molecular complexity index is 780. The molecule has 1 heterocycles. The summed E-state index contributed by atoms with van der Waals surface area (Å²) in [5, 5.41) is 6.32. The molecule has 0 aliphatic heterocycles. The van der Waals surface area contributed by atoms with E-state index < -0.39 is 0 Å². The van der Waals surface area contributed by atoms with Gasteiger partial charge in [-0.3, -0.25) is 4.79 Å². The van der Waals surface area contributed by atoms with Crippen molar-refractivity contribution in [2.45, 2.75) is 51.5 Å². The van der Waals surface area contributed by atoms with Crippen LogP contribution in [0.2, 0.25) is 0 Å². The monoisotopic (exact) mass is 381 g/mol. The second-order valence-corrected chi connectivity index (χ2v) is 7.02. The third-order valence-corrected chi connectivity index (χ3v) is 4.87. The van der Waals surface area contributed by atoms with E-state index in [0.717, 1.165) is 24.2 Å². The van der Waals surface area contributed by atoms with Crippen molar-refractivity contribution in [1.82, 2.24) is 10.3 Å². The van der Waals surface area contributed by atoms with Gasteiger partial charge in [0, 0.05) is 11.7 Å². The van der Waals surface area contributed by atoms with E-state index in [-0.39, 0.29) is 17.9 Å². The summed E-state index contributed by atoms with van der Waals surface area (Å²) in [7, 11) is 0. The molecule has 1 aliphatic rings. The number of hydrogen-bond acceptors (Lipinski definition) is 5. The van der Waals surface area contributed by atoms with Crippen LogP contribution in [0, 0.1) is 0 Å².